The molecule has 0 saturated heterocycles. The molecule has 0 aliphatic heterocycles. The van der Waals surface area contributed by atoms with Gasteiger partial charge in [-0.2, -0.15) is 0 Å². The summed E-state index contributed by atoms with van der Waals surface area (Å²) in [7, 11) is 0. The molecule has 0 aliphatic rings. The van der Waals surface area contributed by atoms with E-state index >= 15 is 0 Å². The van der Waals surface area contributed by atoms with E-state index in [1.54, 1.807) is 0 Å². The van der Waals surface area contributed by atoms with Gasteiger partial charge in [0.2, 0.25) is 0 Å². The first-order valence-electron chi connectivity index (χ1n) is 25.0. The normalized spacial score (nSPS) is 11.9. The topological polar surface area (TPSA) is 16.3 Å². The number of fused-ring (bicyclic) bond motifs is 6. The van der Waals surface area contributed by atoms with E-state index in [-0.39, 0.29) is 0 Å². The fraction of sp³-hybridized carbons (Fsp3) is 0.0588. The van der Waals surface area contributed by atoms with Crippen molar-refractivity contribution in [2.24, 2.45) is 0 Å². The van der Waals surface area contributed by atoms with Gasteiger partial charge in [0.1, 0.15) is 0 Å². The molecule has 14 aromatic rings. The Morgan fingerprint density at radius 3 is 1.00 bits per heavy atom. The van der Waals surface area contributed by atoms with Crippen LogP contribution < -0.4 is 9.80 Å². The zero-order valence-corrected chi connectivity index (χ0v) is 40.7. The molecule has 0 radical (unpaired) electrons. The third-order valence-electron chi connectivity index (χ3n) is 15.6. The van der Waals surface area contributed by atoms with E-state index in [0.717, 1.165) is 45.5 Å². The Hall–Kier alpha value is -9.12. The van der Waals surface area contributed by atoms with Gasteiger partial charge in [-0.25, -0.2) is 0 Å². The molecule has 4 heteroatoms. The molecule has 0 atom stereocenters. The van der Waals surface area contributed by atoms with Crippen LogP contribution in [0, 0.1) is 27.7 Å². The molecule has 4 nitrogen and oxygen atoms in total. The van der Waals surface area contributed by atoms with Crippen molar-refractivity contribution in [3.63, 3.8) is 0 Å². The standard InChI is InChI=1S/C68H50N4/c1-43-45(3)69(55-29-33-57(34-30-55)71(53-19-7-5-8-20-53)59-27-23-47-15-11-13-17-49(47)39-59)67-61-37-26-52-42-64-44(2)46(4)70(68(64)62-38-25-51(41-63(43)67)65(61)66(52)62)56-31-35-58(36-32-56)72(54-21-9-6-10-22-54)60-28-24-48-16-12-14-18-50(48)40-60/h5-42H,1-4H3. The smallest absolute Gasteiger partial charge is 0.0613 e. The molecule has 72 heavy (non-hydrogen) atoms. The Labute approximate surface area is 418 Å². The first-order valence-corrected chi connectivity index (χ1v) is 25.0. The van der Waals surface area contributed by atoms with Gasteiger partial charge >= 0.3 is 0 Å². The SMILES string of the molecule is Cc1c(C)n(-c2ccc(N(c3ccccc3)c3ccc4ccccc4c3)cc2)c2c1cc1ccc3c4c(ccc2c14)cc1c(C)c(C)n(-c2ccc(N(c4ccccc4)c4ccc5ccccc5c4)cc2)c13. The molecule has 0 bridgehead atoms. The van der Waals surface area contributed by atoms with Gasteiger partial charge in [0.15, 0.2) is 0 Å². The Kier molecular flexibility index (Phi) is 9.43. The number of anilines is 6. The van der Waals surface area contributed by atoms with E-state index < -0.39 is 0 Å². The van der Waals surface area contributed by atoms with Crippen molar-refractivity contribution < 1.29 is 0 Å². The lowest BCUT2D eigenvalue weighted by molar-refractivity contribution is 1.04. The lowest BCUT2D eigenvalue weighted by atomic mass is 9.91. The minimum absolute atomic E-state index is 1.11. The van der Waals surface area contributed by atoms with E-state index in [4.69, 9.17) is 0 Å². The van der Waals surface area contributed by atoms with Crippen LogP contribution in [0.3, 0.4) is 0 Å². The zero-order chi connectivity index (χ0) is 48.2. The first kappa shape index (κ1) is 41.8. The lowest BCUT2D eigenvalue weighted by Crippen LogP contribution is -2.10. The molecular formula is C68H50N4. The van der Waals surface area contributed by atoms with Crippen molar-refractivity contribution in [3.8, 4) is 11.4 Å². The molecule has 342 valence electrons. The fourth-order valence-electron chi connectivity index (χ4n) is 11.9. The maximum atomic E-state index is 2.49. The van der Waals surface area contributed by atoms with Crippen LogP contribution in [-0.2, 0) is 0 Å². The summed E-state index contributed by atoms with van der Waals surface area (Å²) >= 11 is 0. The second-order valence-electron chi connectivity index (χ2n) is 19.5. The lowest BCUT2D eigenvalue weighted by Gasteiger charge is -2.26. The van der Waals surface area contributed by atoms with Crippen LogP contribution >= 0.6 is 0 Å². The molecular weight excluding hydrogens is 873 g/mol. The summed E-state index contributed by atoms with van der Waals surface area (Å²) in [5.41, 5.74) is 16.6. The highest BCUT2D eigenvalue weighted by Gasteiger charge is 2.24. The number of aryl methyl sites for hydroxylation is 2. The van der Waals surface area contributed by atoms with E-state index in [0.29, 0.717) is 0 Å². The maximum absolute atomic E-state index is 2.49. The summed E-state index contributed by atoms with van der Waals surface area (Å²) in [6.45, 7) is 9.11. The molecule has 0 fully saturated rings. The van der Waals surface area contributed by atoms with Crippen LogP contribution in [0.15, 0.2) is 231 Å². The predicted octanol–water partition coefficient (Wildman–Crippen LogP) is 19.0. The van der Waals surface area contributed by atoms with Crippen molar-refractivity contribution in [1.82, 2.24) is 9.13 Å². The van der Waals surface area contributed by atoms with Crippen molar-refractivity contribution in [3.05, 3.63) is 253 Å². The number of para-hydroxylation sites is 2. The number of nitrogens with zero attached hydrogens (tertiary/aromatic N) is 4. The highest BCUT2D eigenvalue weighted by Crippen LogP contribution is 2.46. The summed E-state index contributed by atoms with van der Waals surface area (Å²) in [5.74, 6) is 0. The predicted molar refractivity (Wildman–Crippen MR) is 307 cm³/mol. The summed E-state index contributed by atoms with van der Waals surface area (Å²) < 4.78 is 4.99. The first-order chi connectivity index (χ1) is 35.4. The fourth-order valence-corrected chi connectivity index (χ4v) is 11.9. The van der Waals surface area contributed by atoms with Crippen LogP contribution in [-0.4, -0.2) is 9.13 Å². The van der Waals surface area contributed by atoms with Gasteiger partial charge in [-0.05, 0) is 191 Å². The van der Waals surface area contributed by atoms with Crippen LogP contribution in [0.4, 0.5) is 34.1 Å². The highest BCUT2D eigenvalue weighted by molar-refractivity contribution is 6.33. The Morgan fingerprint density at radius 2 is 0.597 bits per heavy atom. The summed E-state index contributed by atoms with van der Waals surface area (Å²) in [5, 5.41) is 15.2. The Bertz CT molecular complexity index is 4120. The summed E-state index contributed by atoms with van der Waals surface area (Å²) in [6.07, 6.45) is 0. The van der Waals surface area contributed by atoms with Gasteiger partial charge in [-0.1, -0.05) is 121 Å². The third-order valence-corrected chi connectivity index (χ3v) is 15.6. The van der Waals surface area contributed by atoms with Crippen LogP contribution in [0.5, 0.6) is 0 Å². The Morgan fingerprint density at radius 1 is 0.264 bits per heavy atom. The van der Waals surface area contributed by atoms with Gasteiger partial charge in [0, 0.05) is 78.4 Å². The number of hydrogen-bond donors (Lipinski definition) is 0. The average molecular weight is 923 g/mol. The molecule has 2 heterocycles. The minimum atomic E-state index is 1.11. The zero-order valence-electron chi connectivity index (χ0n) is 40.7. The summed E-state index contributed by atoms with van der Waals surface area (Å²) in [4.78, 5) is 4.71. The van der Waals surface area contributed by atoms with E-state index in [2.05, 4.69) is 277 Å². The van der Waals surface area contributed by atoms with Gasteiger partial charge in [0.05, 0.1) is 11.0 Å². The number of hydrogen-bond acceptors (Lipinski definition) is 2. The molecule has 0 N–H and O–H groups in total. The minimum Gasteiger partial charge on any atom is -0.313 e. The van der Waals surface area contributed by atoms with Gasteiger partial charge in [-0.15, -0.1) is 0 Å². The second kappa shape index (κ2) is 16.2. The third kappa shape index (κ3) is 6.39. The van der Waals surface area contributed by atoms with Crippen LogP contribution in [0.1, 0.15) is 22.5 Å². The average Bonchev–Trinajstić information content (AvgIpc) is 3.84. The Balaban J connectivity index is 0.907. The van der Waals surface area contributed by atoms with Crippen LogP contribution in [0.2, 0.25) is 0 Å². The van der Waals surface area contributed by atoms with Crippen molar-refractivity contribution in [1.29, 1.82) is 0 Å². The number of benzene rings is 12. The van der Waals surface area contributed by atoms with E-state index in [1.807, 2.05) is 0 Å². The molecule has 0 unspecified atom stereocenters. The molecule has 14 rings (SSSR count). The molecule has 0 amide bonds. The van der Waals surface area contributed by atoms with Gasteiger partial charge in [0.25, 0.3) is 0 Å². The van der Waals surface area contributed by atoms with Crippen molar-refractivity contribution in [2.75, 3.05) is 9.80 Å². The molecule has 12 aromatic carbocycles. The molecule has 0 spiro atoms. The maximum Gasteiger partial charge on any atom is 0.0613 e. The largest absolute Gasteiger partial charge is 0.313 e. The number of aromatic nitrogens is 2. The summed E-state index contributed by atoms with van der Waals surface area (Å²) in [6, 6.07) is 84.7. The van der Waals surface area contributed by atoms with E-state index in [9.17, 15) is 0 Å². The van der Waals surface area contributed by atoms with Gasteiger partial charge < -0.3 is 18.9 Å². The molecule has 2 aromatic heterocycles. The van der Waals surface area contributed by atoms with Crippen LogP contribution in [0.25, 0.3) is 87.0 Å². The quantitative estimate of drug-likeness (QED) is 0.141. The van der Waals surface area contributed by atoms with Crippen molar-refractivity contribution in [2.45, 2.75) is 27.7 Å². The molecule has 0 aliphatic carbocycles. The van der Waals surface area contributed by atoms with E-state index in [1.165, 1.54) is 98.2 Å². The second-order valence-corrected chi connectivity index (χ2v) is 19.5. The monoisotopic (exact) mass is 922 g/mol. The van der Waals surface area contributed by atoms with Gasteiger partial charge in [-0.3, -0.25) is 0 Å². The van der Waals surface area contributed by atoms with Crippen molar-refractivity contribution >= 4 is 110 Å². The highest BCUT2D eigenvalue weighted by atomic mass is 15.1. The number of rotatable bonds is 8. The molecule has 0 saturated carbocycles.